The molecule has 1 aliphatic heterocycles. The summed E-state index contributed by atoms with van der Waals surface area (Å²) in [6.07, 6.45) is 0. The normalized spacial score (nSPS) is 14.6. The van der Waals surface area contributed by atoms with Crippen molar-refractivity contribution in [3.8, 4) is 5.75 Å². The van der Waals surface area contributed by atoms with Crippen molar-refractivity contribution >= 4 is 39.0 Å². The summed E-state index contributed by atoms with van der Waals surface area (Å²) in [4.78, 5) is 27.5. The molecule has 0 aromatic heterocycles. The fourth-order valence-electron chi connectivity index (χ4n) is 3.81. The highest BCUT2D eigenvalue weighted by atomic mass is 32.2. The zero-order chi connectivity index (χ0) is 23.8. The van der Waals surface area contributed by atoms with E-state index in [1.165, 1.54) is 24.1 Å². The Morgan fingerprint density at radius 1 is 0.970 bits per heavy atom. The highest BCUT2D eigenvalue weighted by Gasteiger charge is 2.43. The van der Waals surface area contributed by atoms with Gasteiger partial charge in [-0.25, -0.2) is 13.2 Å². The van der Waals surface area contributed by atoms with Gasteiger partial charge in [0.1, 0.15) is 17.2 Å². The summed E-state index contributed by atoms with van der Waals surface area (Å²) in [5, 5.41) is 2.73. The van der Waals surface area contributed by atoms with Gasteiger partial charge in [0.05, 0.1) is 24.2 Å². The van der Waals surface area contributed by atoms with Gasteiger partial charge in [-0.3, -0.25) is 9.69 Å². The molecule has 1 N–H and O–H groups in total. The van der Waals surface area contributed by atoms with Crippen LogP contribution in [0.25, 0.3) is 0 Å². The molecule has 0 saturated heterocycles. The quantitative estimate of drug-likeness (QED) is 0.612. The Balaban J connectivity index is 1.74. The fourth-order valence-corrected chi connectivity index (χ4v) is 5.47. The summed E-state index contributed by atoms with van der Waals surface area (Å²) in [6, 6.07) is 17.4. The number of ether oxygens (including phenoxy) is 1. The van der Waals surface area contributed by atoms with E-state index >= 15 is 0 Å². The molecule has 9 heteroatoms. The number of fused-ring (bicyclic) bond motifs is 1. The lowest BCUT2D eigenvalue weighted by Crippen LogP contribution is -2.53. The molecule has 170 valence electrons. The predicted molar refractivity (Wildman–Crippen MR) is 126 cm³/mol. The Kier molecular flexibility index (Phi) is 5.82. The van der Waals surface area contributed by atoms with Crippen LogP contribution >= 0.6 is 0 Å². The molecule has 0 fully saturated rings. The van der Waals surface area contributed by atoms with E-state index in [0.717, 1.165) is 9.87 Å². The molecule has 0 spiro atoms. The third-order valence-corrected chi connectivity index (χ3v) is 7.07. The molecule has 0 bridgehead atoms. The minimum absolute atomic E-state index is 0.0466. The van der Waals surface area contributed by atoms with Crippen molar-refractivity contribution in [2.24, 2.45) is 0 Å². The first-order valence-corrected chi connectivity index (χ1v) is 11.6. The number of nitrogens with zero attached hydrogens (tertiary/aromatic N) is 2. The number of hydrogen-bond donors (Lipinski definition) is 1. The van der Waals surface area contributed by atoms with E-state index in [1.807, 2.05) is 6.92 Å². The molecule has 8 nitrogen and oxygen atoms in total. The lowest BCUT2D eigenvalue weighted by molar-refractivity contribution is -0.114. The van der Waals surface area contributed by atoms with Crippen LogP contribution < -0.4 is 19.3 Å². The number of amides is 3. The SMILES string of the molecule is COc1ccccc1NC(=O)CN1C(=O)N(c2ccc(C)cc2C)S(=O)(=O)c2ccccc21. The van der Waals surface area contributed by atoms with Crippen LogP contribution in [0.2, 0.25) is 0 Å². The van der Waals surface area contributed by atoms with Crippen molar-refractivity contribution in [1.29, 1.82) is 0 Å². The molecule has 0 radical (unpaired) electrons. The van der Waals surface area contributed by atoms with Crippen LogP contribution in [0, 0.1) is 13.8 Å². The summed E-state index contributed by atoms with van der Waals surface area (Å²) >= 11 is 0. The number of hydrogen-bond acceptors (Lipinski definition) is 5. The number of aryl methyl sites for hydroxylation is 2. The number of carbonyl (C=O) groups excluding carboxylic acids is 2. The molecule has 0 aliphatic carbocycles. The van der Waals surface area contributed by atoms with Gasteiger partial charge in [-0.05, 0) is 49.7 Å². The van der Waals surface area contributed by atoms with E-state index in [9.17, 15) is 18.0 Å². The van der Waals surface area contributed by atoms with Gasteiger partial charge in [-0.15, -0.1) is 0 Å². The molecule has 0 atom stereocenters. The number of benzene rings is 3. The maximum Gasteiger partial charge on any atom is 0.343 e. The number of para-hydroxylation sites is 3. The summed E-state index contributed by atoms with van der Waals surface area (Å²) < 4.78 is 32.9. The molecule has 3 amide bonds. The number of rotatable bonds is 5. The zero-order valence-corrected chi connectivity index (χ0v) is 19.2. The highest BCUT2D eigenvalue weighted by molar-refractivity contribution is 7.94. The number of nitrogens with one attached hydrogen (secondary N) is 1. The van der Waals surface area contributed by atoms with E-state index in [4.69, 9.17) is 4.74 Å². The second-order valence-corrected chi connectivity index (χ2v) is 9.40. The van der Waals surface area contributed by atoms with Gasteiger partial charge in [-0.1, -0.05) is 42.0 Å². The van der Waals surface area contributed by atoms with Crippen molar-refractivity contribution in [3.63, 3.8) is 0 Å². The molecule has 1 aliphatic rings. The first kappa shape index (κ1) is 22.3. The van der Waals surface area contributed by atoms with Crippen LogP contribution in [0.4, 0.5) is 21.9 Å². The number of anilines is 3. The van der Waals surface area contributed by atoms with Gasteiger partial charge in [0, 0.05) is 0 Å². The van der Waals surface area contributed by atoms with E-state index in [-0.39, 0.29) is 22.8 Å². The van der Waals surface area contributed by atoms with Crippen molar-refractivity contribution in [1.82, 2.24) is 0 Å². The van der Waals surface area contributed by atoms with Gasteiger partial charge in [-0.2, -0.15) is 4.31 Å². The third kappa shape index (κ3) is 4.03. The second-order valence-electron chi connectivity index (χ2n) is 7.64. The van der Waals surface area contributed by atoms with Gasteiger partial charge in [0.15, 0.2) is 0 Å². The van der Waals surface area contributed by atoms with Gasteiger partial charge in [0.25, 0.3) is 10.0 Å². The Bertz CT molecular complexity index is 1350. The third-order valence-electron chi connectivity index (χ3n) is 5.33. The van der Waals surface area contributed by atoms with Crippen molar-refractivity contribution in [2.45, 2.75) is 18.7 Å². The minimum atomic E-state index is -4.17. The zero-order valence-electron chi connectivity index (χ0n) is 18.4. The first-order valence-electron chi connectivity index (χ1n) is 10.2. The van der Waals surface area contributed by atoms with Crippen LogP contribution in [-0.4, -0.2) is 34.0 Å². The van der Waals surface area contributed by atoms with E-state index < -0.39 is 22.0 Å². The topological polar surface area (TPSA) is 96.0 Å². The lowest BCUT2D eigenvalue weighted by Gasteiger charge is -2.36. The van der Waals surface area contributed by atoms with E-state index in [0.29, 0.717) is 17.0 Å². The Labute approximate surface area is 192 Å². The van der Waals surface area contributed by atoms with Crippen LogP contribution in [0.5, 0.6) is 5.75 Å². The maximum absolute atomic E-state index is 13.5. The fraction of sp³-hybridized carbons (Fsp3) is 0.167. The van der Waals surface area contributed by atoms with Crippen LogP contribution in [0.3, 0.4) is 0 Å². The average Bonchev–Trinajstić information content (AvgIpc) is 2.78. The molecule has 1 heterocycles. The predicted octanol–water partition coefficient (Wildman–Crippen LogP) is 4.09. The maximum atomic E-state index is 13.5. The van der Waals surface area contributed by atoms with Gasteiger partial charge < -0.3 is 10.1 Å². The van der Waals surface area contributed by atoms with Crippen molar-refractivity contribution in [3.05, 3.63) is 77.9 Å². The largest absolute Gasteiger partial charge is 0.495 e. The van der Waals surface area contributed by atoms with Gasteiger partial charge in [0.2, 0.25) is 5.91 Å². The Morgan fingerprint density at radius 3 is 2.39 bits per heavy atom. The number of urea groups is 1. The summed E-state index contributed by atoms with van der Waals surface area (Å²) in [6.45, 7) is 3.24. The molecular weight excluding hydrogens is 442 g/mol. The average molecular weight is 466 g/mol. The minimum Gasteiger partial charge on any atom is -0.495 e. The molecule has 0 saturated carbocycles. The monoisotopic (exact) mass is 465 g/mol. The number of methoxy groups -OCH3 is 1. The molecule has 33 heavy (non-hydrogen) atoms. The van der Waals surface area contributed by atoms with Crippen LogP contribution in [0.1, 0.15) is 11.1 Å². The lowest BCUT2D eigenvalue weighted by atomic mass is 10.1. The molecule has 3 aromatic carbocycles. The Morgan fingerprint density at radius 2 is 1.67 bits per heavy atom. The number of sulfonamides is 1. The molecule has 0 unspecified atom stereocenters. The van der Waals surface area contributed by atoms with Crippen LogP contribution in [0.15, 0.2) is 71.6 Å². The van der Waals surface area contributed by atoms with Gasteiger partial charge >= 0.3 is 6.03 Å². The van der Waals surface area contributed by atoms with E-state index in [2.05, 4.69) is 5.32 Å². The molecule has 4 rings (SSSR count). The molecular formula is C24H23N3O5S. The smallest absolute Gasteiger partial charge is 0.343 e. The van der Waals surface area contributed by atoms with Crippen LogP contribution in [-0.2, 0) is 14.8 Å². The standard InChI is InChI=1S/C24H23N3O5S/c1-16-12-13-19(17(2)14-16)27-24(29)26(20-9-5-7-11-22(20)33(27,30)31)15-23(28)25-18-8-4-6-10-21(18)32-3/h4-14H,15H2,1-3H3,(H,25,28). The first-order chi connectivity index (χ1) is 15.7. The van der Waals surface area contributed by atoms with E-state index in [1.54, 1.807) is 61.5 Å². The van der Waals surface area contributed by atoms with Crippen molar-refractivity contribution < 1.29 is 22.7 Å². The summed E-state index contributed by atoms with van der Waals surface area (Å²) in [5.74, 6) is -0.0294. The van der Waals surface area contributed by atoms with Crippen molar-refractivity contribution in [2.75, 3.05) is 28.2 Å². The molecule has 3 aromatic rings. The Hall–Kier alpha value is -3.85. The summed E-state index contributed by atoms with van der Waals surface area (Å²) in [7, 11) is -2.68. The highest BCUT2D eigenvalue weighted by Crippen LogP contribution is 2.38. The number of carbonyl (C=O) groups is 2. The second kappa shape index (κ2) is 8.59. The summed E-state index contributed by atoms with van der Waals surface area (Å²) in [5.41, 5.74) is 2.41.